The van der Waals surface area contributed by atoms with Crippen LogP contribution < -0.4 is 11.5 Å². The summed E-state index contributed by atoms with van der Waals surface area (Å²) in [6, 6.07) is 5.15. The highest BCUT2D eigenvalue weighted by molar-refractivity contribution is 6.09. The molecule has 7 heteroatoms. The van der Waals surface area contributed by atoms with Crippen molar-refractivity contribution in [1.82, 2.24) is 14.8 Å². The van der Waals surface area contributed by atoms with E-state index in [9.17, 15) is 9.90 Å². The summed E-state index contributed by atoms with van der Waals surface area (Å²) < 4.78 is 1.58. The fourth-order valence-electron chi connectivity index (χ4n) is 2.85. The number of amides is 1. The number of phenolic OH excluding ortho intramolecular Hbond substituents is 1. The van der Waals surface area contributed by atoms with Crippen LogP contribution in [0, 0.1) is 13.8 Å². The summed E-state index contributed by atoms with van der Waals surface area (Å²) >= 11 is 0. The van der Waals surface area contributed by atoms with E-state index in [1.165, 1.54) is 0 Å². The van der Waals surface area contributed by atoms with Crippen molar-refractivity contribution in [1.29, 1.82) is 0 Å². The van der Waals surface area contributed by atoms with Crippen molar-refractivity contribution < 1.29 is 9.90 Å². The highest BCUT2D eigenvalue weighted by atomic mass is 16.3. The highest BCUT2D eigenvalue weighted by Crippen LogP contribution is 2.39. The molecule has 0 aliphatic heterocycles. The van der Waals surface area contributed by atoms with Gasteiger partial charge in [0.2, 0.25) is 0 Å². The lowest BCUT2D eigenvalue weighted by Crippen LogP contribution is -2.17. The fraction of sp³-hybridized carbons (Fsp3) is 0.188. The Balaban J connectivity index is 2.55. The van der Waals surface area contributed by atoms with E-state index in [1.54, 1.807) is 30.8 Å². The molecule has 0 fully saturated rings. The molecule has 7 nitrogen and oxygen atoms in total. The first-order valence-corrected chi connectivity index (χ1v) is 7.04. The van der Waals surface area contributed by atoms with Gasteiger partial charge in [-0.2, -0.15) is 5.10 Å². The van der Waals surface area contributed by atoms with E-state index >= 15 is 0 Å². The molecule has 0 unspecified atom stereocenters. The van der Waals surface area contributed by atoms with Gasteiger partial charge in [-0.05, 0) is 31.0 Å². The second-order valence-corrected chi connectivity index (χ2v) is 5.47. The number of nitrogens with zero attached hydrogens (tertiary/aromatic N) is 3. The molecule has 2 heterocycles. The molecule has 2 aromatic heterocycles. The Morgan fingerprint density at radius 2 is 2.00 bits per heavy atom. The normalized spacial score (nSPS) is 11.1. The summed E-state index contributed by atoms with van der Waals surface area (Å²) in [5.41, 5.74) is 15.0. The Morgan fingerprint density at radius 3 is 2.65 bits per heavy atom. The van der Waals surface area contributed by atoms with Crippen molar-refractivity contribution in [2.24, 2.45) is 12.8 Å². The van der Waals surface area contributed by atoms with Crippen LogP contribution in [-0.4, -0.2) is 25.8 Å². The summed E-state index contributed by atoms with van der Waals surface area (Å²) in [7, 11) is 1.74. The molecule has 0 spiro atoms. The number of aromatic nitrogens is 3. The van der Waals surface area contributed by atoms with E-state index in [0.717, 1.165) is 11.1 Å². The number of carbonyl (C=O) groups excluding carboxylic acids is 1. The topological polar surface area (TPSA) is 120 Å². The molecule has 1 aromatic carbocycles. The molecule has 118 valence electrons. The standard InChI is InChI=1S/C16H17N5O2/c1-7-9(5-4-6-10(7)22)12-11-8(2)20-21(3)16(11)19-14(13(12)17)15(18)23/h4-6,22H,17H2,1-3H3,(H2,18,23). The molecular formula is C16H17N5O2. The van der Waals surface area contributed by atoms with Crippen LogP contribution in [0.1, 0.15) is 21.7 Å². The Bertz CT molecular complexity index is 959. The van der Waals surface area contributed by atoms with Crippen LogP contribution in [0.2, 0.25) is 0 Å². The van der Waals surface area contributed by atoms with Gasteiger partial charge >= 0.3 is 0 Å². The molecule has 1 amide bonds. The third-order valence-corrected chi connectivity index (χ3v) is 3.99. The number of aromatic hydroxyl groups is 1. The molecule has 0 aliphatic rings. The molecule has 0 atom stereocenters. The van der Waals surface area contributed by atoms with Crippen LogP contribution in [0.15, 0.2) is 18.2 Å². The quantitative estimate of drug-likeness (QED) is 0.664. The van der Waals surface area contributed by atoms with Gasteiger partial charge in [0.1, 0.15) is 5.75 Å². The largest absolute Gasteiger partial charge is 0.508 e. The minimum atomic E-state index is -0.706. The number of rotatable bonds is 2. The monoisotopic (exact) mass is 311 g/mol. The molecular weight excluding hydrogens is 294 g/mol. The second kappa shape index (κ2) is 4.98. The summed E-state index contributed by atoms with van der Waals surface area (Å²) in [4.78, 5) is 16.0. The van der Waals surface area contributed by atoms with Crippen LogP contribution in [0.5, 0.6) is 5.75 Å². The lowest BCUT2D eigenvalue weighted by atomic mass is 9.94. The average Bonchev–Trinajstić information content (AvgIpc) is 2.76. The first kappa shape index (κ1) is 14.8. The van der Waals surface area contributed by atoms with Gasteiger partial charge in [-0.3, -0.25) is 9.48 Å². The van der Waals surface area contributed by atoms with Gasteiger partial charge in [0.25, 0.3) is 5.91 Å². The van der Waals surface area contributed by atoms with Gasteiger partial charge in [-0.1, -0.05) is 12.1 Å². The van der Waals surface area contributed by atoms with Crippen molar-refractivity contribution in [2.75, 3.05) is 5.73 Å². The van der Waals surface area contributed by atoms with Crippen molar-refractivity contribution in [3.05, 3.63) is 35.2 Å². The molecule has 0 radical (unpaired) electrons. The number of carbonyl (C=O) groups is 1. The molecule has 3 aromatic rings. The number of nitrogen functional groups attached to an aromatic ring is 1. The van der Waals surface area contributed by atoms with E-state index in [1.807, 2.05) is 13.0 Å². The zero-order valence-corrected chi connectivity index (χ0v) is 13.1. The number of phenols is 1. The van der Waals surface area contributed by atoms with Crippen LogP contribution in [-0.2, 0) is 7.05 Å². The number of hydrogen-bond acceptors (Lipinski definition) is 5. The SMILES string of the molecule is Cc1c(O)cccc1-c1c(N)c(C(N)=O)nc2c1c(C)nn2C. The first-order valence-electron chi connectivity index (χ1n) is 7.04. The summed E-state index contributed by atoms with van der Waals surface area (Å²) in [5.74, 6) is -0.559. The van der Waals surface area contributed by atoms with Gasteiger partial charge in [0.05, 0.1) is 16.8 Å². The molecule has 0 aliphatic carbocycles. The highest BCUT2D eigenvalue weighted by Gasteiger charge is 2.23. The lowest BCUT2D eigenvalue weighted by Gasteiger charge is -2.14. The Labute approximate surface area is 132 Å². The third-order valence-electron chi connectivity index (χ3n) is 3.99. The zero-order valence-electron chi connectivity index (χ0n) is 13.1. The van der Waals surface area contributed by atoms with Gasteiger partial charge in [-0.25, -0.2) is 4.98 Å². The van der Waals surface area contributed by atoms with Gasteiger partial charge < -0.3 is 16.6 Å². The smallest absolute Gasteiger partial charge is 0.269 e. The van der Waals surface area contributed by atoms with E-state index in [2.05, 4.69) is 10.1 Å². The number of pyridine rings is 1. The maximum absolute atomic E-state index is 11.7. The van der Waals surface area contributed by atoms with Crippen LogP contribution in [0.25, 0.3) is 22.2 Å². The van der Waals surface area contributed by atoms with Crippen molar-refractivity contribution >= 4 is 22.6 Å². The molecule has 0 saturated heterocycles. The molecule has 5 N–H and O–H groups in total. The van der Waals surface area contributed by atoms with Crippen molar-refractivity contribution in [3.63, 3.8) is 0 Å². The van der Waals surface area contributed by atoms with Crippen molar-refractivity contribution in [2.45, 2.75) is 13.8 Å². The summed E-state index contributed by atoms with van der Waals surface area (Å²) in [6.07, 6.45) is 0. The van der Waals surface area contributed by atoms with E-state index < -0.39 is 5.91 Å². The minimum Gasteiger partial charge on any atom is -0.508 e. The van der Waals surface area contributed by atoms with Crippen molar-refractivity contribution in [3.8, 4) is 16.9 Å². The number of anilines is 1. The maximum atomic E-state index is 11.7. The molecule has 0 saturated carbocycles. The van der Waals surface area contributed by atoms with Gasteiger partial charge in [-0.15, -0.1) is 0 Å². The van der Waals surface area contributed by atoms with E-state index in [0.29, 0.717) is 22.3 Å². The van der Waals surface area contributed by atoms with Gasteiger partial charge in [0.15, 0.2) is 11.3 Å². The number of hydrogen-bond donors (Lipinski definition) is 3. The number of fused-ring (bicyclic) bond motifs is 1. The van der Waals surface area contributed by atoms with Crippen LogP contribution >= 0.6 is 0 Å². The lowest BCUT2D eigenvalue weighted by molar-refractivity contribution is 0.0997. The third kappa shape index (κ3) is 2.09. The molecule has 23 heavy (non-hydrogen) atoms. The van der Waals surface area contributed by atoms with E-state index in [4.69, 9.17) is 11.5 Å². The maximum Gasteiger partial charge on any atom is 0.269 e. The Kier molecular flexibility index (Phi) is 3.21. The zero-order chi connectivity index (χ0) is 16.9. The van der Waals surface area contributed by atoms with Crippen LogP contribution in [0.4, 0.5) is 5.69 Å². The predicted molar refractivity (Wildman–Crippen MR) is 88.0 cm³/mol. The molecule has 3 rings (SSSR count). The fourth-order valence-corrected chi connectivity index (χ4v) is 2.85. The minimum absolute atomic E-state index is 0.00163. The molecule has 0 bridgehead atoms. The van der Waals surface area contributed by atoms with E-state index in [-0.39, 0.29) is 17.1 Å². The number of nitrogens with two attached hydrogens (primary N) is 2. The second-order valence-electron chi connectivity index (χ2n) is 5.47. The Morgan fingerprint density at radius 1 is 1.30 bits per heavy atom. The number of primary amides is 1. The predicted octanol–water partition coefficient (Wildman–Crippen LogP) is 1.64. The number of benzene rings is 1. The van der Waals surface area contributed by atoms with Gasteiger partial charge in [0, 0.05) is 12.6 Å². The Hall–Kier alpha value is -3.09. The van der Waals surface area contributed by atoms with Crippen LogP contribution in [0.3, 0.4) is 0 Å². The summed E-state index contributed by atoms with van der Waals surface area (Å²) in [6.45, 7) is 3.63. The summed E-state index contributed by atoms with van der Waals surface area (Å²) in [5, 5.41) is 15.1. The number of aryl methyl sites for hydroxylation is 2. The first-order chi connectivity index (χ1) is 10.8. The average molecular weight is 311 g/mol.